The molecule has 0 saturated heterocycles. The van der Waals surface area contributed by atoms with Gasteiger partial charge in [0.1, 0.15) is 0 Å². The van der Waals surface area contributed by atoms with Crippen LogP contribution in [-0.4, -0.2) is 26.9 Å². The van der Waals surface area contributed by atoms with E-state index < -0.39 is 0 Å². The van der Waals surface area contributed by atoms with Gasteiger partial charge in [-0.05, 0) is 18.7 Å². The second kappa shape index (κ2) is 4.97. The van der Waals surface area contributed by atoms with Crippen LogP contribution in [-0.2, 0) is 20.1 Å². The van der Waals surface area contributed by atoms with E-state index >= 15 is 0 Å². The minimum atomic E-state index is 0.766. The maximum atomic E-state index is 5.91. The van der Waals surface area contributed by atoms with Crippen LogP contribution in [0.4, 0.5) is 5.69 Å². The molecule has 2 rings (SSSR count). The predicted octanol–water partition coefficient (Wildman–Crippen LogP) is 1.03. The van der Waals surface area contributed by atoms with E-state index in [1.165, 1.54) is 0 Å². The number of hydrogen-bond acceptors (Lipinski definition) is 4. The zero-order valence-electron chi connectivity index (χ0n) is 10.2. The zero-order valence-corrected chi connectivity index (χ0v) is 10.2. The van der Waals surface area contributed by atoms with Crippen LogP contribution in [0.15, 0.2) is 30.5 Å². The van der Waals surface area contributed by atoms with Gasteiger partial charge in [-0.3, -0.25) is 9.58 Å². The number of rotatable bonds is 4. The predicted molar refractivity (Wildman–Crippen MR) is 67.0 cm³/mol. The van der Waals surface area contributed by atoms with Gasteiger partial charge in [0.15, 0.2) is 0 Å². The number of hydrogen-bond donors (Lipinski definition) is 1. The lowest BCUT2D eigenvalue weighted by Gasteiger charge is -2.16. The first-order valence-electron chi connectivity index (χ1n) is 5.52. The molecule has 5 nitrogen and oxygen atoms in total. The molecular weight excluding hydrogens is 214 g/mol. The van der Waals surface area contributed by atoms with E-state index in [1.807, 2.05) is 44.6 Å². The fraction of sp³-hybridized carbons (Fsp3) is 0.333. The van der Waals surface area contributed by atoms with E-state index in [2.05, 4.69) is 15.2 Å². The van der Waals surface area contributed by atoms with Gasteiger partial charge in [0.05, 0.1) is 5.69 Å². The lowest BCUT2D eigenvalue weighted by molar-refractivity contribution is 0.315. The van der Waals surface area contributed by atoms with Crippen LogP contribution in [0.1, 0.15) is 11.3 Å². The third-order valence-corrected chi connectivity index (χ3v) is 2.58. The smallest absolute Gasteiger partial charge is 0.0967 e. The van der Waals surface area contributed by atoms with Crippen LogP contribution >= 0.6 is 0 Å². The molecule has 1 aromatic heterocycles. The summed E-state index contributed by atoms with van der Waals surface area (Å²) in [6.07, 6.45) is 1.92. The Morgan fingerprint density at radius 2 is 2.06 bits per heavy atom. The number of aryl methyl sites for hydroxylation is 1. The Morgan fingerprint density at radius 1 is 1.29 bits per heavy atom. The number of nitrogen functional groups attached to an aromatic ring is 1. The number of aromatic nitrogens is 3. The highest BCUT2D eigenvalue weighted by Crippen LogP contribution is 2.13. The quantitative estimate of drug-likeness (QED) is 0.798. The minimum absolute atomic E-state index is 0.766. The van der Waals surface area contributed by atoms with Crippen molar-refractivity contribution in [3.8, 4) is 0 Å². The van der Waals surface area contributed by atoms with Crippen molar-refractivity contribution in [3.05, 3.63) is 41.7 Å². The summed E-state index contributed by atoms with van der Waals surface area (Å²) in [6.45, 7) is 1.57. The summed E-state index contributed by atoms with van der Waals surface area (Å²) in [5.74, 6) is 0. The van der Waals surface area contributed by atoms with Crippen LogP contribution in [0.5, 0.6) is 0 Å². The third kappa shape index (κ3) is 3.04. The highest BCUT2D eigenvalue weighted by atomic mass is 15.4. The number of anilines is 1. The maximum Gasteiger partial charge on any atom is 0.0967 e. The SMILES string of the molecule is CN(Cc1cn(C)nn1)Cc1ccccc1N. The van der Waals surface area contributed by atoms with Crippen molar-refractivity contribution in [1.29, 1.82) is 0 Å². The Kier molecular flexibility index (Phi) is 3.39. The molecule has 0 amide bonds. The van der Waals surface area contributed by atoms with Gasteiger partial charge in [0.25, 0.3) is 0 Å². The molecule has 0 spiro atoms. The highest BCUT2D eigenvalue weighted by molar-refractivity contribution is 5.46. The van der Waals surface area contributed by atoms with Gasteiger partial charge in [-0.1, -0.05) is 23.4 Å². The first-order chi connectivity index (χ1) is 8.15. The molecule has 0 unspecified atom stereocenters. The van der Waals surface area contributed by atoms with Gasteiger partial charge in [-0.15, -0.1) is 5.10 Å². The zero-order chi connectivity index (χ0) is 12.3. The maximum absolute atomic E-state index is 5.91. The highest BCUT2D eigenvalue weighted by Gasteiger charge is 2.06. The largest absolute Gasteiger partial charge is 0.398 e. The molecule has 0 aliphatic carbocycles. The molecule has 1 heterocycles. The van der Waals surface area contributed by atoms with Gasteiger partial charge in [0.2, 0.25) is 0 Å². The number of nitrogens with zero attached hydrogens (tertiary/aromatic N) is 4. The van der Waals surface area contributed by atoms with Crippen molar-refractivity contribution in [1.82, 2.24) is 19.9 Å². The summed E-state index contributed by atoms with van der Waals surface area (Å²) in [4.78, 5) is 2.16. The molecule has 0 aliphatic heterocycles. The summed E-state index contributed by atoms with van der Waals surface area (Å²) in [5, 5.41) is 7.97. The number of para-hydroxylation sites is 1. The number of benzene rings is 1. The van der Waals surface area contributed by atoms with Crippen LogP contribution in [0.2, 0.25) is 0 Å². The number of nitrogens with two attached hydrogens (primary N) is 1. The molecule has 0 aliphatic rings. The summed E-state index contributed by atoms with van der Waals surface area (Å²) in [6, 6.07) is 7.91. The molecule has 0 bridgehead atoms. The Morgan fingerprint density at radius 3 is 2.71 bits per heavy atom. The van der Waals surface area contributed by atoms with Gasteiger partial charge in [-0.25, -0.2) is 0 Å². The van der Waals surface area contributed by atoms with Crippen molar-refractivity contribution in [2.75, 3.05) is 12.8 Å². The Bertz CT molecular complexity index is 491. The van der Waals surface area contributed by atoms with Gasteiger partial charge < -0.3 is 5.73 Å². The average molecular weight is 231 g/mol. The molecule has 0 fully saturated rings. The van der Waals surface area contributed by atoms with Crippen molar-refractivity contribution in [3.63, 3.8) is 0 Å². The molecule has 90 valence electrons. The molecule has 17 heavy (non-hydrogen) atoms. The second-order valence-corrected chi connectivity index (χ2v) is 4.25. The molecule has 0 atom stereocenters. The molecule has 2 aromatic rings. The minimum Gasteiger partial charge on any atom is -0.398 e. The van der Waals surface area contributed by atoms with Crippen molar-refractivity contribution >= 4 is 5.69 Å². The van der Waals surface area contributed by atoms with Gasteiger partial charge in [-0.2, -0.15) is 0 Å². The fourth-order valence-corrected chi connectivity index (χ4v) is 1.77. The molecular formula is C12H17N5. The standard InChI is InChI=1S/C12H17N5/c1-16(8-11-9-17(2)15-14-11)7-10-5-3-4-6-12(10)13/h3-6,9H,7-8,13H2,1-2H3. The normalized spacial score (nSPS) is 11.0. The summed E-state index contributed by atoms with van der Waals surface area (Å²) in [7, 11) is 3.91. The third-order valence-electron chi connectivity index (χ3n) is 2.58. The van der Waals surface area contributed by atoms with Crippen LogP contribution in [0.3, 0.4) is 0 Å². The average Bonchev–Trinajstić information content (AvgIpc) is 2.67. The van der Waals surface area contributed by atoms with Gasteiger partial charge in [0, 0.05) is 32.0 Å². The first kappa shape index (κ1) is 11.6. The van der Waals surface area contributed by atoms with E-state index in [0.29, 0.717) is 0 Å². The summed E-state index contributed by atoms with van der Waals surface area (Å²) < 4.78 is 1.71. The van der Waals surface area contributed by atoms with Crippen molar-refractivity contribution in [2.45, 2.75) is 13.1 Å². The van der Waals surface area contributed by atoms with Crippen LogP contribution in [0, 0.1) is 0 Å². The summed E-state index contributed by atoms with van der Waals surface area (Å²) >= 11 is 0. The Labute approximate surface area is 101 Å². The molecule has 1 aromatic carbocycles. The van der Waals surface area contributed by atoms with E-state index in [1.54, 1.807) is 4.68 Å². The monoisotopic (exact) mass is 231 g/mol. The van der Waals surface area contributed by atoms with Crippen molar-refractivity contribution < 1.29 is 0 Å². The van der Waals surface area contributed by atoms with E-state index in [9.17, 15) is 0 Å². The molecule has 0 saturated carbocycles. The molecule has 2 N–H and O–H groups in total. The van der Waals surface area contributed by atoms with Gasteiger partial charge >= 0.3 is 0 Å². The first-order valence-corrected chi connectivity index (χ1v) is 5.52. The van der Waals surface area contributed by atoms with Crippen LogP contribution < -0.4 is 5.73 Å². The molecule has 0 radical (unpaired) electrons. The fourth-order valence-electron chi connectivity index (χ4n) is 1.77. The van der Waals surface area contributed by atoms with E-state index in [4.69, 9.17) is 5.73 Å². The summed E-state index contributed by atoms with van der Waals surface area (Å²) in [5.41, 5.74) is 8.84. The lowest BCUT2D eigenvalue weighted by atomic mass is 10.1. The van der Waals surface area contributed by atoms with Crippen molar-refractivity contribution in [2.24, 2.45) is 7.05 Å². The Balaban J connectivity index is 1.98. The van der Waals surface area contributed by atoms with E-state index in [0.717, 1.165) is 30.0 Å². The van der Waals surface area contributed by atoms with Crippen LogP contribution in [0.25, 0.3) is 0 Å². The second-order valence-electron chi connectivity index (χ2n) is 4.25. The lowest BCUT2D eigenvalue weighted by Crippen LogP contribution is -2.18. The molecule has 5 heteroatoms. The Hall–Kier alpha value is -1.88. The van der Waals surface area contributed by atoms with E-state index in [-0.39, 0.29) is 0 Å². The topological polar surface area (TPSA) is 60.0 Å².